The standard InChI is InChI=1S/C18H23N3O11S/c19-11(18(30)31)2-3-13(24)21-12(8-33)17(29)20-7-16(28)32-15(27)4-1-9(22)5-10(23)6-14(25)26/h1,4,11-12,33H,2-3,5-8,19H2,(H,20,29)(H,21,24)(H,25,26)(H,30,31). The van der Waals surface area contributed by atoms with Crippen LogP contribution in [0.2, 0.25) is 0 Å². The second kappa shape index (κ2) is 15.3. The molecular formula is C18H23N3O11S. The molecule has 2 amide bonds. The van der Waals surface area contributed by atoms with Crippen LogP contribution < -0.4 is 16.4 Å². The quantitative estimate of drug-likeness (QED) is 0.0598. The van der Waals surface area contributed by atoms with Crippen molar-refractivity contribution in [2.75, 3.05) is 12.3 Å². The Balaban J connectivity index is 4.44. The Kier molecular flexibility index (Phi) is 13.6. The largest absolute Gasteiger partial charge is 0.481 e. The van der Waals surface area contributed by atoms with Crippen molar-refractivity contribution < 1.29 is 53.3 Å². The highest BCUT2D eigenvalue weighted by atomic mass is 32.1. The molecule has 2 atom stereocenters. The summed E-state index contributed by atoms with van der Waals surface area (Å²) in [5.41, 5.74) is 5.27. The van der Waals surface area contributed by atoms with E-state index >= 15 is 0 Å². The fourth-order valence-electron chi connectivity index (χ4n) is 1.98. The van der Waals surface area contributed by atoms with Gasteiger partial charge in [0.1, 0.15) is 25.0 Å². The lowest BCUT2D eigenvalue weighted by Gasteiger charge is -2.16. The summed E-state index contributed by atoms with van der Waals surface area (Å²) in [6.07, 6.45) is -0.856. The van der Waals surface area contributed by atoms with Gasteiger partial charge in [0.25, 0.3) is 0 Å². The van der Waals surface area contributed by atoms with Crippen LogP contribution in [0.15, 0.2) is 12.2 Å². The first kappa shape index (κ1) is 29.4. The van der Waals surface area contributed by atoms with Gasteiger partial charge in [-0.15, -0.1) is 0 Å². The van der Waals surface area contributed by atoms with E-state index in [4.69, 9.17) is 15.9 Å². The summed E-state index contributed by atoms with van der Waals surface area (Å²) in [6, 6.07) is -2.42. The number of ether oxygens (including phenoxy) is 1. The maximum Gasteiger partial charge on any atom is 0.338 e. The molecule has 0 saturated carbocycles. The van der Waals surface area contributed by atoms with E-state index in [1.165, 1.54) is 0 Å². The number of aliphatic carboxylic acids is 2. The molecule has 0 rings (SSSR count). The molecule has 0 aromatic heterocycles. The van der Waals surface area contributed by atoms with Crippen molar-refractivity contribution in [3.05, 3.63) is 12.2 Å². The molecule has 182 valence electrons. The van der Waals surface area contributed by atoms with Gasteiger partial charge in [-0.05, 0) is 12.5 Å². The van der Waals surface area contributed by atoms with E-state index in [9.17, 15) is 38.4 Å². The number of carboxylic acids is 2. The average molecular weight is 489 g/mol. The van der Waals surface area contributed by atoms with Crippen LogP contribution in [0.1, 0.15) is 25.7 Å². The molecule has 6 N–H and O–H groups in total. The molecule has 0 bridgehead atoms. The first-order valence-corrected chi connectivity index (χ1v) is 9.84. The number of esters is 2. The van der Waals surface area contributed by atoms with E-state index in [1.807, 2.05) is 0 Å². The minimum absolute atomic E-state index is 0.165. The number of rotatable bonds is 15. The van der Waals surface area contributed by atoms with Crippen LogP contribution in [0.25, 0.3) is 0 Å². The zero-order valence-corrected chi connectivity index (χ0v) is 18.0. The Morgan fingerprint density at radius 1 is 1.00 bits per heavy atom. The molecule has 0 aromatic carbocycles. The maximum atomic E-state index is 12.0. The van der Waals surface area contributed by atoms with Gasteiger partial charge in [-0.3, -0.25) is 28.8 Å². The fourth-order valence-corrected chi connectivity index (χ4v) is 2.24. The Bertz CT molecular complexity index is 840. The zero-order chi connectivity index (χ0) is 25.6. The SMILES string of the molecule is NC(CCC(=O)NC(CS)C(=O)NCC(=O)OC(=O)C=CC(=O)CC(=O)CC(=O)O)C(=O)O. The lowest BCUT2D eigenvalue weighted by atomic mass is 10.1. The van der Waals surface area contributed by atoms with Crippen LogP contribution in [0, 0.1) is 0 Å². The zero-order valence-electron chi connectivity index (χ0n) is 17.1. The van der Waals surface area contributed by atoms with E-state index in [-0.39, 0.29) is 18.6 Å². The van der Waals surface area contributed by atoms with Crippen molar-refractivity contribution in [2.45, 2.75) is 37.8 Å². The third-order valence-electron chi connectivity index (χ3n) is 3.58. The number of hydrogen-bond donors (Lipinski definition) is 6. The highest BCUT2D eigenvalue weighted by Crippen LogP contribution is 1.98. The number of carboxylic acid groups (broad SMARTS) is 2. The summed E-state index contributed by atoms with van der Waals surface area (Å²) in [5, 5.41) is 21.5. The minimum atomic E-state index is -1.41. The molecule has 33 heavy (non-hydrogen) atoms. The van der Waals surface area contributed by atoms with Crippen LogP contribution >= 0.6 is 12.6 Å². The number of Topliss-reactive ketones (excluding diaryl/α,β-unsaturated/α-hetero) is 1. The fraction of sp³-hybridized carbons (Fsp3) is 0.444. The smallest absolute Gasteiger partial charge is 0.338 e. The van der Waals surface area contributed by atoms with Gasteiger partial charge in [0.2, 0.25) is 11.8 Å². The van der Waals surface area contributed by atoms with Gasteiger partial charge in [0.15, 0.2) is 11.6 Å². The topological polar surface area (TPSA) is 236 Å². The molecule has 0 aromatic rings. The molecule has 14 nitrogen and oxygen atoms in total. The summed E-state index contributed by atoms with van der Waals surface area (Å²) in [6.45, 7) is -0.770. The molecular weight excluding hydrogens is 466 g/mol. The predicted molar refractivity (Wildman–Crippen MR) is 111 cm³/mol. The molecule has 15 heteroatoms. The van der Waals surface area contributed by atoms with Crippen LogP contribution in [0.4, 0.5) is 0 Å². The Labute approximate surface area is 192 Å². The van der Waals surface area contributed by atoms with Crippen molar-refractivity contribution in [2.24, 2.45) is 5.73 Å². The van der Waals surface area contributed by atoms with Gasteiger partial charge in [-0.1, -0.05) is 0 Å². The third kappa shape index (κ3) is 14.2. The number of amides is 2. The molecule has 0 heterocycles. The molecule has 0 spiro atoms. The highest BCUT2D eigenvalue weighted by molar-refractivity contribution is 7.80. The summed E-state index contributed by atoms with van der Waals surface area (Å²) in [4.78, 5) is 90.4. The molecule has 2 unspecified atom stereocenters. The molecule has 0 saturated heterocycles. The van der Waals surface area contributed by atoms with Gasteiger partial charge in [-0.25, -0.2) is 9.59 Å². The highest BCUT2D eigenvalue weighted by Gasteiger charge is 2.22. The first-order valence-electron chi connectivity index (χ1n) is 9.21. The van der Waals surface area contributed by atoms with Gasteiger partial charge in [0.05, 0.1) is 6.42 Å². The van der Waals surface area contributed by atoms with Crippen molar-refractivity contribution in [3.8, 4) is 0 Å². The summed E-state index contributed by atoms with van der Waals surface area (Å²) in [5.74, 6) is -8.61. The second-order valence-electron chi connectivity index (χ2n) is 6.38. The van der Waals surface area contributed by atoms with E-state index < -0.39 is 78.7 Å². The average Bonchev–Trinajstić information content (AvgIpc) is 2.71. The Morgan fingerprint density at radius 2 is 1.64 bits per heavy atom. The van der Waals surface area contributed by atoms with Crippen LogP contribution in [0.3, 0.4) is 0 Å². The summed E-state index contributed by atoms with van der Waals surface area (Å²) >= 11 is 3.90. The maximum absolute atomic E-state index is 12.0. The van der Waals surface area contributed by atoms with E-state index in [1.54, 1.807) is 0 Å². The third-order valence-corrected chi connectivity index (χ3v) is 3.95. The Hall–Kier alpha value is -3.59. The number of carbonyl (C=O) groups is 8. The Morgan fingerprint density at radius 3 is 2.18 bits per heavy atom. The lowest BCUT2D eigenvalue weighted by Crippen LogP contribution is -2.49. The van der Waals surface area contributed by atoms with Crippen molar-refractivity contribution in [1.82, 2.24) is 10.6 Å². The monoisotopic (exact) mass is 489 g/mol. The van der Waals surface area contributed by atoms with Gasteiger partial charge >= 0.3 is 23.9 Å². The number of allylic oxidation sites excluding steroid dienone is 1. The van der Waals surface area contributed by atoms with Gasteiger partial charge in [-0.2, -0.15) is 12.6 Å². The molecule has 0 radical (unpaired) electrons. The molecule has 0 aliphatic rings. The van der Waals surface area contributed by atoms with Crippen molar-refractivity contribution in [3.63, 3.8) is 0 Å². The number of thiol groups is 1. The van der Waals surface area contributed by atoms with Crippen LogP contribution in [-0.2, 0) is 43.1 Å². The number of nitrogens with two attached hydrogens (primary N) is 1. The van der Waals surface area contributed by atoms with Gasteiger partial charge in [0, 0.05) is 18.2 Å². The number of ketones is 2. The molecule has 0 fully saturated rings. The summed E-state index contributed by atoms with van der Waals surface area (Å²) in [7, 11) is 0. The van der Waals surface area contributed by atoms with E-state index in [0.29, 0.717) is 12.2 Å². The molecule has 0 aliphatic carbocycles. The van der Waals surface area contributed by atoms with Gasteiger partial charge < -0.3 is 31.3 Å². The van der Waals surface area contributed by atoms with Crippen molar-refractivity contribution in [1.29, 1.82) is 0 Å². The number of carbonyl (C=O) groups excluding carboxylic acids is 6. The molecule has 0 aliphatic heterocycles. The van der Waals surface area contributed by atoms with Crippen LogP contribution in [0.5, 0.6) is 0 Å². The van der Waals surface area contributed by atoms with E-state index in [0.717, 1.165) is 0 Å². The summed E-state index contributed by atoms with van der Waals surface area (Å²) < 4.78 is 4.32. The first-order chi connectivity index (χ1) is 15.3. The second-order valence-corrected chi connectivity index (χ2v) is 6.75. The normalized spacial score (nSPS) is 12.3. The van der Waals surface area contributed by atoms with Crippen molar-refractivity contribution >= 4 is 59.9 Å². The number of hydrogen-bond acceptors (Lipinski definition) is 11. The minimum Gasteiger partial charge on any atom is -0.481 e. The lowest BCUT2D eigenvalue weighted by molar-refractivity contribution is -0.156. The number of nitrogens with one attached hydrogen (secondary N) is 2. The van der Waals surface area contributed by atoms with E-state index in [2.05, 4.69) is 28.0 Å². The van der Waals surface area contributed by atoms with Crippen LogP contribution in [-0.4, -0.2) is 81.9 Å². The predicted octanol–water partition coefficient (Wildman–Crippen LogP) is -2.66.